The van der Waals surface area contributed by atoms with E-state index in [1.807, 2.05) is 25.1 Å². The van der Waals surface area contributed by atoms with E-state index < -0.39 is 0 Å². The standard InChI is InChI=1S/C17H22N4O/c1-12(2)15(14-8-5-4-6-9-14)20-13(3)16(22)21-17-18-10-7-11-19-17/h4-13,15,20H,1-3H3,(H,18,19,21,22). The number of hydrogen-bond acceptors (Lipinski definition) is 4. The summed E-state index contributed by atoms with van der Waals surface area (Å²) in [6.07, 6.45) is 3.20. The first-order chi connectivity index (χ1) is 10.6. The van der Waals surface area contributed by atoms with Gasteiger partial charge in [-0.3, -0.25) is 15.4 Å². The van der Waals surface area contributed by atoms with Gasteiger partial charge < -0.3 is 0 Å². The molecule has 0 aliphatic rings. The molecule has 0 fully saturated rings. The number of carbonyl (C=O) groups excluding carboxylic acids is 1. The Bertz CT molecular complexity index is 586. The fourth-order valence-corrected chi connectivity index (χ4v) is 2.26. The lowest BCUT2D eigenvalue weighted by Gasteiger charge is -2.26. The third-order valence-electron chi connectivity index (χ3n) is 3.45. The molecule has 5 heteroatoms. The summed E-state index contributed by atoms with van der Waals surface area (Å²) >= 11 is 0. The highest BCUT2D eigenvalue weighted by molar-refractivity contribution is 5.93. The van der Waals surface area contributed by atoms with Crippen molar-refractivity contribution in [2.45, 2.75) is 32.9 Å². The highest BCUT2D eigenvalue weighted by Crippen LogP contribution is 2.22. The molecule has 5 nitrogen and oxygen atoms in total. The minimum absolute atomic E-state index is 0.110. The van der Waals surface area contributed by atoms with Gasteiger partial charge in [0.2, 0.25) is 11.9 Å². The number of aromatic nitrogens is 2. The lowest BCUT2D eigenvalue weighted by molar-refractivity contribution is -0.118. The van der Waals surface area contributed by atoms with E-state index in [0.717, 1.165) is 0 Å². The van der Waals surface area contributed by atoms with Gasteiger partial charge in [-0.15, -0.1) is 0 Å². The smallest absolute Gasteiger partial charge is 0.243 e. The average molecular weight is 298 g/mol. The molecule has 0 spiro atoms. The van der Waals surface area contributed by atoms with Crippen molar-refractivity contribution in [2.24, 2.45) is 5.92 Å². The summed E-state index contributed by atoms with van der Waals surface area (Å²) in [4.78, 5) is 20.3. The first-order valence-electron chi connectivity index (χ1n) is 7.47. The first kappa shape index (κ1) is 16.1. The topological polar surface area (TPSA) is 66.9 Å². The van der Waals surface area contributed by atoms with Crippen molar-refractivity contribution < 1.29 is 4.79 Å². The minimum Gasteiger partial charge on any atom is -0.299 e. The molecule has 0 aliphatic heterocycles. The number of nitrogens with one attached hydrogen (secondary N) is 2. The second-order valence-corrected chi connectivity index (χ2v) is 5.58. The Balaban J connectivity index is 2.02. The normalized spacial score (nSPS) is 13.6. The molecule has 0 bridgehead atoms. The zero-order valence-corrected chi connectivity index (χ0v) is 13.2. The number of amides is 1. The van der Waals surface area contributed by atoms with Gasteiger partial charge in [0.15, 0.2) is 0 Å². The molecule has 2 aromatic rings. The third kappa shape index (κ3) is 4.36. The number of anilines is 1. The molecule has 0 aliphatic carbocycles. The van der Waals surface area contributed by atoms with Gasteiger partial charge in [-0.25, -0.2) is 9.97 Å². The number of carbonyl (C=O) groups is 1. The van der Waals surface area contributed by atoms with E-state index in [1.165, 1.54) is 5.56 Å². The van der Waals surface area contributed by atoms with E-state index in [0.29, 0.717) is 11.9 Å². The van der Waals surface area contributed by atoms with Gasteiger partial charge in [-0.05, 0) is 24.5 Å². The largest absolute Gasteiger partial charge is 0.299 e. The minimum atomic E-state index is -0.351. The van der Waals surface area contributed by atoms with Crippen LogP contribution in [0.15, 0.2) is 48.8 Å². The van der Waals surface area contributed by atoms with E-state index in [9.17, 15) is 4.79 Å². The zero-order valence-electron chi connectivity index (χ0n) is 13.2. The molecule has 1 heterocycles. The Morgan fingerprint density at radius 3 is 2.23 bits per heavy atom. The number of rotatable bonds is 6. The van der Waals surface area contributed by atoms with E-state index in [4.69, 9.17) is 0 Å². The number of benzene rings is 1. The predicted molar refractivity (Wildman–Crippen MR) is 87.3 cm³/mol. The molecule has 116 valence electrons. The monoisotopic (exact) mass is 298 g/mol. The van der Waals surface area contributed by atoms with Crippen molar-refractivity contribution in [3.63, 3.8) is 0 Å². The van der Waals surface area contributed by atoms with Crippen molar-refractivity contribution in [3.8, 4) is 0 Å². The summed E-state index contributed by atoms with van der Waals surface area (Å²) in [6, 6.07) is 11.6. The molecular formula is C17H22N4O. The van der Waals surface area contributed by atoms with Gasteiger partial charge in [-0.2, -0.15) is 0 Å². The molecule has 22 heavy (non-hydrogen) atoms. The van der Waals surface area contributed by atoms with Crippen molar-refractivity contribution in [1.29, 1.82) is 0 Å². The molecule has 1 aromatic heterocycles. The van der Waals surface area contributed by atoms with Gasteiger partial charge in [0.1, 0.15) is 0 Å². The Labute approximate surface area is 131 Å². The molecule has 0 saturated carbocycles. The molecule has 2 N–H and O–H groups in total. The van der Waals surface area contributed by atoms with Crippen LogP contribution in [-0.4, -0.2) is 21.9 Å². The van der Waals surface area contributed by atoms with Crippen LogP contribution in [-0.2, 0) is 4.79 Å². The van der Waals surface area contributed by atoms with Crippen LogP contribution in [0.1, 0.15) is 32.4 Å². The second-order valence-electron chi connectivity index (χ2n) is 5.58. The SMILES string of the molecule is CC(NC(c1ccccc1)C(C)C)C(=O)Nc1ncccn1. The fourth-order valence-electron chi connectivity index (χ4n) is 2.26. The van der Waals surface area contributed by atoms with E-state index >= 15 is 0 Å². The Hall–Kier alpha value is -2.27. The van der Waals surface area contributed by atoms with Crippen LogP contribution < -0.4 is 10.6 Å². The van der Waals surface area contributed by atoms with Crippen LogP contribution in [0.3, 0.4) is 0 Å². The van der Waals surface area contributed by atoms with Gasteiger partial charge in [0, 0.05) is 18.4 Å². The lowest BCUT2D eigenvalue weighted by Crippen LogP contribution is -2.42. The summed E-state index contributed by atoms with van der Waals surface area (Å²) < 4.78 is 0. The second kappa shape index (κ2) is 7.66. The van der Waals surface area contributed by atoms with Gasteiger partial charge in [-0.1, -0.05) is 44.2 Å². The summed E-state index contributed by atoms with van der Waals surface area (Å²) in [5, 5.41) is 6.10. The molecule has 1 aromatic carbocycles. The lowest BCUT2D eigenvalue weighted by atomic mass is 9.95. The van der Waals surface area contributed by atoms with Crippen LogP contribution in [0, 0.1) is 5.92 Å². The maximum atomic E-state index is 12.2. The third-order valence-corrected chi connectivity index (χ3v) is 3.45. The van der Waals surface area contributed by atoms with Gasteiger partial charge in [0.25, 0.3) is 0 Å². The molecule has 2 rings (SSSR count). The summed E-state index contributed by atoms with van der Waals surface area (Å²) in [5.74, 6) is 0.542. The van der Waals surface area contributed by atoms with Crippen LogP contribution in [0.2, 0.25) is 0 Å². The van der Waals surface area contributed by atoms with Gasteiger partial charge >= 0.3 is 0 Å². The maximum Gasteiger partial charge on any atom is 0.243 e. The van der Waals surface area contributed by atoms with Crippen molar-refractivity contribution in [1.82, 2.24) is 15.3 Å². The quantitative estimate of drug-likeness (QED) is 0.860. The predicted octanol–water partition coefficient (Wildman–Crippen LogP) is 2.79. The number of hydrogen-bond donors (Lipinski definition) is 2. The van der Waals surface area contributed by atoms with Crippen LogP contribution in [0.5, 0.6) is 0 Å². The summed E-state index contributed by atoms with van der Waals surface area (Å²) in [5.41, 5.74) is 1.17. The van der Waals surface area contributed by atoms with E-state index in [2.05, 4.69) is 46.6 Å². The summed E-state index contributed by atoms with van der Waals surface area (Å²) in [7, 11) is 0. The Morgan fingerprint density at radius 2 is 1.64 bits per heavy atom. The fraction of sp³-hybridized carbons (Fsp3) is 0.353. The van der Waals surface area contributed by atoms with E-state index in [-0.39, 0.29) is 18.0 Å². The Morgan fingerprint density at radius 1 is 1.00 bits per heavy atom. The molecule has 2 atom stereocenters. The average Bonchev–Trinajstić information content (AvgIpc) is 2.53. The zero-order chi connectivity index (χ0) is 15.9. The van der Waals surface area contributed by atoms with Crippen molar-refractivity contribution in [3.05, 3.63) is 54.4 Å². The summed E-state index contributed by atoms with van der Waals surface area (Å²) in [6.45, 7) is 6.11. The first-order valence-corrected chi connectivity index (χ1v) is 7.47. The molecule has 0 radical (unpaired) electrons. The van der Waals surface area contributed by atoms with Crippen molar-refractivity contribution >= 4 is 11.9 Å². The van der Waals surface area contributed by atoms with Crippen LogP contribution >= 0.6 is 0 Å². The molecule has 0 saturated heterocycles. The highest BCUT2D eigenvalue weighted by Gasteiger charge is 2.22. The van der Waals surface area contributed by atoms with Crippen molar-refractivity contribution in [2.75, 3.05) is 5.32 Å². The molecular weight excluding hydrogens is 276 g/mol. The Kier molecular flexibility index (Phi) is 5.61. The van der Waals surface area contributed by atoms with Crippen LogP contribution in [0.4, 0.5) is 5.95 Å². The van der Waals surface area contributed by atoms with E-state index in [1.54, 1.807) is 18.5 Å². The van der Waals surface area contributed by atoms with Crippen LogP contribution in [0.25, 0.3) is 0 Å². The molecule has 2 unspecified atom stereocenters. The maximum absolute atomic E-state index is 12.2. The number of nitrogens with zero attached hydrogens (tertiary/aromatic N) is 2. The molecule has 1 amide bonds. The van der Waals surface area contributed by atoms with Gasteiger partial charge in [0.05, 0.1) is 6.04 Å². The highest BCUT2D eigenvalue weighted by atomic mass is 16.2.